The first-order valence-corrected chi connectivity index (χ1v) is 9.65. The average Bonchev–Trinajstić information content (AvgIpc) is 3.16. The maximum absolute atomic E-state index is 11.9. The highest BCUT2D eigenvalue weighted by Crippen LogP contribution is 2.38. The molecular formula is C19H23ClN4O3. The summed E-state index contributed by atoms with van der Waals surface area (Å²) < 4.78 is 13.1. The van der Waals surface area contributed by atoms with Crippen LogP contribution < -0.4 is 20.1 Å². The number of hydrogen-bond acceptors (Lipinski definition) is 5. The standard InChI is InChI=1S/C19H23ClN4O3/c1-2-24-11-13(10-22-24)18-15(3-4-17(25)23-18)21-9-12-7-14(20)19-16(8-12)26-5-6-27-19/h7-8,10-11,15,18,21H,2-6,9H2,1H3,(H,23,25)/t15-,18+/m1/s1. The molecule has 0 spiro atoms. The van der Waals surface area contributed by atoms with Gasteiger partial charge in [-0.2, -0.15) is 5.10 Å². The number of ether oxygens (including phenoxy) is 2. The van der Waals surface area contributed by atoms with Gasteiger partial charge in [-0.15, -0.1) is 0 Å². The van der Waals surface area contributed by atoms with Crippen LogP contribution >= 0.6 is 11.6 Å². The Morgan fingerprint density at radius 2 is 2.22 bits per heavy atom. The summed E-state index contributed by atoms with van der Waals surface area (Å²) >= 11 is 6.33. The summed E-state index contributed by atoms with van der Waals surface area (Å²) in [5.74, 6) is 1.37. The van der Waals surface area contributed by atoms with Crippen molar-refractivity contribution in [3.63, 3.8) is 0 Å². The largest absolute Gasteiger partial charge is 0.486 e. The van der Waals surface area contributed by atoms with Gasteiger partial charge < -0.3 is 20.1 Å². The molecule has 0 aliphatic carbocycles. The van der Waals surface area contributed by atoms with E-state index in [0.717, 1.165) is 24.1 Å². The number of carbonyl (C=O) groups is 1. The number of nitrogens with one attached hydrogen (secondary N) is 2. The van der Waals surface area contributed by atoms with Gasteiger partial charge in [0.05, 0.1) is 17.3 Å². The van der Waals surface area contributed by atoms with Gasteiger partial charge in [-0.25, -0.2) is 0 Å². The molecule has 0 radical (unpaired) electrons. The third kappa shape index (κ3) is 3.89. The van der Waals surface area contributed by atoms with Crippen molar-refractivity contribution in [1.29, 1.82) is 0 Å². The summed E-state index contributed by atoms with van der Waals surface area (Å²) in [6.45, 7) is 4.50. The number of carbonyl (C=O) groups excluding carboxylic acids is 1. The van der Waals surface area contributed by atoms with Crippen molar-refractivity contribution in [2.24, 2.45) is 0 Å². The Hall–Kier alpha value is -2.25. The monoisotopic (exact) mass is 390 g/mol. The van der Waals surface area contributed by atoms with Gasteiger partial charge in [-0.05, 0) is 31.0 Å². The van der Waals surface area contributed by atoms with Crippen LogP contribution in [0.1, 0.15) is 36.9 Å². The van der Waals surface area contributed by atoms with Crippen molar-refractivity contribution in [2.45, 2.75) is 44.9 Å². The summed E-state index contributed by atoms with van der Waals surface area (Å²) in [4.78, 5) is 11.9. The van der Waals surface area contributed by atoms with Crippen molar-refractivity contribution >= 4 is 17.5 Å². The number of aromatic nitrogens is 2. The van der Waals surface area contributed by atoms with Gasteiger partial charge in [0.15, 0.2) is 11.5 Å². The second-order valence-electron chi connectivity index (χ2n) is 6.80. The minimum absolute atomic E-state index is 0.0738. The van der Waals surface area contributed by atoms with Gasteiger partial charge in [0.2, 0.25) is 5.91 Å². The Bertz CT molecular complexity index is 838. The van der Waals surface area contributed by atoms with Crippen molar-refractivity contribution in [1.82, 2.24) is 20.4 Å². The number of piperidine rings is 1. The van der Waals surface area contributed by atoms with Crippen LogP contribution in [0, 0.1) is 0 Å². The number of amides is 1. The SMILES string of the molecule is CCn1cc([C@@H]2NC(=O)CC[C@H]2NCc2cc(Cl)c3c(c2)OCCO3)cn1. The van der Waals surface area contributed by atoms with E-state index in [1.54, 1.807) is 0 Å². The fraction of sp³-hybridized carbons (Fsp3) is 0.474. The third-order valence-corrected chi connectivity index (χ3v) is 5.24. The Balaban J connectivity index is 1.48. The van der Waals surface area contributed by atoms with Gasteiger partial charge >= 0.3 is 0 Å². The third-order valence-electron chi connectivity index (χ3n) is 4.96. The molecule has 3 heterocycles. The second kappa shape index (κ2) is 7.78. The van der Waals surface area contributed by atoms with Crippen molar-refractivity contribution < 1.29 is 14.3 Å². The van der Waals surface area contributed by atoms with E-state index in [9.17, 15) is 4.79 Å². The minimum Gasteiger partial charge on any atom is -0.486 e. The van der Waals surface area contributed by atoms with Crippen LogP contribution in [0.3, 0.4) is 0 Å². The van der Waals surface area contributed by atoms with Gasteiger partial charge in [0.25, 0.3) is 0 Å². The highest BCUT2D eigenvalue weighted by molar-refractivity contribution is 6.32. The van der Waals surface area contributed by atoms with Crippen LogP contribution in [0.15, 0.2) is 24.5 Å². The summed E-state index contributed by atoms with van der Waals surface area (Å²) in [7, 11) is 0. The summed E-state index contributed by atoms with van der Waals surface area (Å²) in [6.07, 6.45) is 5.10. The first kappa shape index (κ1) is 18.1. The van der Waals surface area contributed by atoms with Crippen LogP contribution in [-0.2, 0) is 17.9 Å². The highest BCUT2D eigenvalue weighted by atomic mass is 35.5. The number of benzene rings is 1. The van der Waals surface area contributed by atoms with E-state index < -0.39 is 0 Å². The molecule has 144 valence electrons. The molecule has 2 aromatic rings. The zero-order valence-corrected chi connectivity index (χ0v) is 16.0. The number of aryl methyl sites for hydroxylation is 1. The van der Waals surface area contributed by atoms with Crippen LogP contribution in [0.4, 0.5) is 0 Å². The van der Waals surface area contributed by atoms with Crippen molar-refractivity contribution in [3.05, 3.63) is 40.7 Å². The fourth-order valence-electron chi connectivity index (χ4n) is 3.56. The fourth-order valence-corrected chi connectivity index (χ4v) is 3.85. The van der Waals surface area contributed by atoms with E-state index in [1.165, 1.54) is 0 Å². The van der Waals surface area contributed by atoms with Crippen LogP contribution in [0.5, 0.6) is 11.5 Å². The molecule has 27 heavy (non-hydrogen) atoms. The van der Waals surface area contributed by atoms with Crippen LogP contribution in [-0.4, -0.2) is 34.9 Å². The summed E-state index contributed by atoms with van der Waals surface area (Å²) in [5, 5.41) is 11.5. The van der Waals surface area contributed by atoms with Gasteiger partial charge in [-0.3, -0.25) is 9.48 Å². The average molecular weight is 391 g/mol. The number of halogens is 1. The first-order chi connectivity index (χ1) is 13.1. The molecule has 2 aliphatic heterocycles. The Labute approximate surface area is 163 Å². The molecule has 1 amide bonds. The lowest BCUT2D eigenvalue weighted by Crippen LogP contribution is -2.48. The molecule has 2 N–H and O–H groups in total. The van der Waals surface area contributed by atoms with Crippen LogP contribution in [0.25, 0.3) is 0 Å². The van der Waals surface area contributed by atoms with E-state index in [4.69, 9.17) is 21.1 Å². The van der Waals surface area contributed by atoms with Crippen LogP contribution in [0.2, 0.25) is 5.02 Å². The molecule has 2 atom stereocenters. The summed E-state index contributed by atoms with van der Waals surface area (Å²) in [5.41, 5.74) is 2.03. The van der Waals surface area contributed by atoms with Crippen molar-refractivity contribution in [3.8, 4) is 11.5 Å². The predicted octanol–water partition coefficient (Wildman–Crippen LogP) is 2.44. The highest BCUT2D eigenvalue weighted by Gasteiger charge is 2.30. The molecule has 1 aromatic heterocycles. The molecule has 1 saturated heterocycles. The molecule has 1 aromatic carbocycles. The number of fused-ring (bicyclic) bond motifs is 1. The molecule has 2 aliphatic rings. The number of rotatable bonds is 5. The van der Waals surface area contributed by atoms with E-state index in [1.807, 2.05) is 36.1 Å². The van der Waals surface area contributed by atoms with Gasteiger partial charge in [0, 0.05) is 37.3 Å². The molecule has 0 unspecified atom stereocenters. The Kier molecular flexibility index (Phi) is 5.22. The zero-order chi connectivity index (χ0) is 18.8. The molecular weight excluding hydrogens is 368 g/mol. The van der Waals surface area contributed by atoms with E-state index in [0.29, 0.717) is 42.7 Å². The smallest absolute Gasteiger partial charge is 0.220 e. The molecule has 0 bridgehead atoms. The Morgan fingerprint density at radius 3 is 3.04 bits per heavy atom. The molecule has 7 nitrogen and oxygen atoms in total. The first-order valence-electron chi connectivity index (χ1n) is 9.27. The minimum atomic E-state index is -0.0979. The van der Waals surface area contributed by atoms with Crippen molar-refractivity contribution in [2.75, 3.05) is 13.2 Å². The maximum atomic E-state index is 11.9. The Morgan fingerprint density at radius 1 is 1.37 bits per heavy atom. The summed E-state index contributed by atoms with van der Waals surface area (Å²) in [6, 6.07) is 3.87. The quantitative estimate of drug-likeness (QED) is 0.820. The van der Waals surface area contributed by atoms with E-state index in [-0.39, 0.29) is 18.0 Å². The lowest BCUT2D eigenvalue weighted by Gasteiger charge is -2.32. The van der Waals surface area contributed by atoms with Gasteiger partial charge in [-0.1, -0.05) is 11.6 Å². The molecule has 0 saturated carbocycles. The molecule has 1 fully saturated rings. The zero-order valence-electron chi connectivity index (χ0n) is 15.2. The lowest BCUT2D eigenvalue weighted by atomic mass is 9.93. The normalized spacial score (nSPS) is 21.8. The topological polar surface area (TPSA) is 77.4 Å². The predicted molar refractivity (Wildman–Crippen MR) is 101 cm³/mol. The molecule has 8 heteroatoms. The van der Waals surface area contributed by atoms with Gasteiger partial charge in [0.1, 0.15) is 13.2 Å². The number of nitrogens with zero attached hydrogens (tertiary/aromatic N) is 2. The lowest BCUT2D eigenvalue weighted by molar-refractivity contribution is -0.123. The maximum Gasteiger partial charge on any atom is 0.220 e. The van der Waals surface area contributed by atoms with E-state index in [2.05, 4.69) is 15.7 Å². The second-order valence-corrected chi connectivity index (χ2v) is 7.21. The number of hydrogen-bond donors (Lipinski definition) is 2. The molecule has 4 rings (SSSR count). The van der Waals surface area contributed by atoms with E-state index >= 15 is 0 Å².